The molecule has 0 aromatic heterocycles. The number of alkyl halides is 3. The van der Waals surface area contributed by atoms with E-state index in [1.165, 1.54) is 19.1 Å². The zero-order valence-corrected chi connectivity index (χ0v) is 7.74. The highest BCUT2D eigenvalue weighted by Crippen LogP contribution is 2.35. The number of hydrogen-bond acceptors (Lipinski definition) is 1. The summed E-state index contributed by atoms with van der Waals surface area (Å²) in [5.74, 6) is 0. The first-order valence-electron chi connectivity index (χ1n) is 3.95. The van der Waals surface area contributed by atoms with Crippen molar-refractivity contribution < 1.29 is 13.2 Å². The van der Waals surface area contributed by atoms with Crippen molar-refractivity contribution in [3.63, 3.8) is 0 Å². The highest BCUT2D eigenvalue weighted by atomic mass is 19.4. The molecule has 4 heteroatoms. The molecule has 0 saturated carbocycles. The Labute approximate surface area is 79.8 Å². The molecule has 0 heterocycles. The normalized spacial score (nSPS) is 11.1. The van der Waals surface area contributed by atoms with Gasteiger partial charge in [-0.2, -0.15) is 18.4 Å². The van der Waals surface area contributed by atoms with Crippen molar-refractivity contribution in [2.45, 2.75) is 20.0 Å². The van der Waals surface area contributed by atoms with Gasteiger partial charge < -0.3 is 0 Å². The Morgan fingerprint density at radius 1 is 1.21 bits per heavy atom. The minimum absolute atomic E-state index is 0.122. The molecule has 1 aromatic carbocycles. The number of halogens is 3. The zero-order chi connectivity index (χ0) is 10.9. The standard InChI is InChI=1S/C10H8F3N/c1-6-3-4-8(5-14)9(7(6)2)10(11,12)13/h3-4H,1-2H3. The van der Waals surface area contributed by atoms with Gasteiger partial charge in [-0.25, -0.2) is 0 Å². The number of nitrogens with zero attached hydrogens (tertiary/aromatic N) is 1. The Bertz CT molecular complexity index is 399. The van der Waals surface area contributed by atoms with Crippen molar-refractivity contribution in [2.24, 2.45) is 0 Å². The second kappa shape index (κ2) is 3.33. The predicted octanol–water partition coefficient (Wildman–Crippen LogP) is 3.19. The zero-order valence-electron chi connectivity index (χ0n) is 7.74. The lowest BCUT2D eigenvalue weighted by Crippen LogP contribution is -2.11. The molecule has 0 N–H and O–H groups in total. The van der Waals surface area contributed by atoms with Crippen LogP contribution in [0.25, 0.3) is 0 Å². The first-order valence-corrected chi connectivity index (χ1v) is 3.95. The Kier molecular flexibility index (Phi) is 2.52. The summed E-state index contributed by atoms with van der Waals surface area (Å²) in [6, 6.07) is 4.27. The van der Waals surface area contributed by atoms with Crippen molar-refractivity contribution in [2.75, 3.05) is 0 Å². The Balaban J connectivity index is 3.54. The molecule has 0 saturated heterocycles. The Hall–Kier alpha value is -1.50. The summed E-state index contributed by atoms with van der Waals surface area (Å²) in [5.41, 5.74) is -0.478. The lowest BCUT2D eigenvalue weighted by Gasteiger charge is -2.13. The first kappa shape index (κ1) is 10.6. The average Bonchev–Trinajstić information content (AvgIpc) is 2.07. The average molecular weight is 199 g/mol. The van der Waals surface area contributed by atoms with Gasteiger partial charge in [-0.3, -0.25) is 0 Å². The van der Waals surface area contributed by atoms with Crippen molar-refractivity contribution in [3.8, 4) is 6.07 Å². The molecular weight excluding hydrogens is 191 g/mol. The molecule has 0 bridgehead atoms. The van der Waals surface area contributed by atoms with E-state index >= 15 is 0 Å². The third-order valence-electron chi connectivity index (χ3n) is 2.14. The summed E-state index contributed by atoms with van der Waals surface area (Å²) < 4.78 is 37.6. The maximum atomic E-state index is 12.5. The summed E-state index contributed by atoms with van der Waals surface area (Å²) in [6.45, 7) is 2.96. The van der Waals surface area contributed by atoms with E-state index in [9.17, 15) is 13.2 Å². The second-order valence-electron chi connectivity index (χ2n) is 3.04. The van der Waals surface area contributed by atoms with E-state index < -0.39 is 11.7 Å². The van der Waals surface area contributed by atoms with Crippen LogP contribution >= 0.6 is 0 Å². The van der Waals surface area contributed by atoms with Crippen LogP contribution in [0.4, 0.5) is 13.2 Å². The third-order valence-corrected chi connectivity index (χ3v) is 2.14. The quantitative estimate of drug-likeness (QED) is 0.629. The van der Waals surface area contributed by atoms with E-state index in [1.807, 2.05) is 0 Å². The maximum Gasteiger partial charge on any atom is 0.417 e. The van der Waals surface area contributed by atoms with E-state index in [-0.39, 0.29) is 11.1 Å². The van der Waals surface area contributed by atoms with Gasteiger partial charge in [0, 0.05) is 0 Å². The van der Waals surface area contributed by atoms with Crippen LogP contribution < -0.4 is 0 Å². The molecule has 1 nitrogen and oxygen atoms in total. The third kappa shape index (κ3) is 1.72. The molecule has 0 unspecified atom stereocenters. The molecule has 0 fully saturated rings. The summed E-state index contributed by atoms with van der Waals surface area (Å²) in [5, 5.41) is 8.55. The van der Waals surface area contributed by atoms with Crippen molar-refractivity contribution in [3.05, 3.63) is 34.4 Å². The largest absolute Gasteiger partial charge is 0.417 e. The molecular formula is C10H8F3N. The van der Waals surface area contributed by atoms with E-state index in [2.05, 4.69) is 0 Å². The molecule has 0 amide bonds. The lowest BCUT2D eigenvalue weighted by atomic mass is 9.98. The molecule has 1 aromatic rings. The minimum Gasteiger partial charge on any atom is -0.192 e. The Morgan fingerprint density at radius 2 is 1.79 bits per heavy atom. The SMILES string of the molecule is Cc1ccc(C#N)c(C(F)(F)F)c1C. The topological polar surface area (TPSA) is 23.8 Å². The summed E-state index contributed by atoms with van der Waals surface area (Å²) in [4.78, 5) is 0. The van der Waals surface area contributed by atoms with Crippen molar-refractivity contribution >= 4 is 0 Å². The molecule has 0 aliphatic rings. The van der Waals surface area contributed by atoms with Crippen LogP contribution in [0.15, 0.2) is 12.1 Å². The molecule has 0 aliphatic heterocycles. The van der Waals surface area contributed by atoms with Gasteiger partial charge in [-0.05, 0) is 31.0 Å². The number of aryl methyl sites for hydroxylation is 1. The lowest BCUT2D eigenvalue weighted by molar-refractivity contribution is -0.138. The van der Waals surface area contributed by atoms with Gasteiger partial charge >= 0.3 is 6.18 Å². The fourth-order valence-corrected chi connectivity index (χ4v) is 1.27. The van der Waals surface area contributed by atoms with Crippen molar-refractivity contribution in [1.29, 1.82) is 5.26 Å². The van der Waals surface area contributed by atoms with E-state index in [0.29, 0.717) is 5.56 Å². The number of hydrogen-bond donors (Lipinski definition) is 0. The van der Waals surface area contributed by atoms with Gasteiger partial charge in [0.05, 0.1) is 17.2 Å². The van der Waals surface area contributed by atoms with Crippen LogP contribution in [0.3, 0.4) is 0 Å². The van der Waals surface area contributed by atoms with Crippen LogP contribution in [0.2, 0.25) is 0 Å². The van der Waals surface area contributed by atoms with Crippen LogP contribution in [0.5, 0.6) is 0 Å². The Morgan fingerprint density at radius 3 is 2.21 bits per heavy atom. The summed E-state index contributed by atoms with van der Waals surface area (Å²) in [6.07, 6.45) is -4.46. The summed E-state index contributed by atoms with van der Waals surface area (Å²) >= 11 is 0. The van der Waals surface area contributed by atoms with E-state index in [0.717, 1.165) is 0 Å². The number of benzene rings is 1. The first-order chi connectivity index (χ1) is 6.38. The van der Waals surface area contributed by atoms with Crippen LogP contribution in [-0.2, 0) is 6.18 Å². The van der Waals surface area contributed by atoms with Gasteiger partial charge in [0.1, 0.15) is 0 Å². The molecule has 0 atom stereocenters. The molecule has 0 spiro atoms. The number of rotatable bonds is 0. The molecule has 0 radical (unpaired) electrons. The van der Waals surface area contributed by atoms with Crippen LogP contribution in [-0.4, -0.2) is 0 Å². The van der Waals surface area contributed by atoms with Gasteiger partial charge in [0.25, 0.3) is 0 Å². The predicted molar refractivity (Wildman–Crippen MR) is 45.6 cm³/mol. The molecule has 0 aliphatic carbocycles. The van der Waals surface area contributed by atoms with Crippen molar-refractivity contribution in [1.82, 2.24) is 0 Å². The smallest absolute Gasteiger partial charge is 0.192 e. The maximum absolute atomic E-state index is 12.5. The minimum atomic E-state index is -4.46. The molecule has 14 heavy (non-hydrogen) atoms. The van der Waals surface area contributed by atoms with Gasteiger partial charge in [0.2, 0.25) is 0 Å². The van der Waals surface area contributed by atoms with E-state index in [1.54, 1.807) is 13.0 Å². The fourth-order valence-electron chi connectivity index (χ4n) is 1.27. The fraction of sp³-hybridized carbons (Fsp3) is 0.300. The highest BCUT2D eigenvalue weighted by Gasteiger charge is 2.35. The van der Waals surface area contributed by atoms with Gasteiger partial charge in [-0.15, -0.1) is 0 Å². The van der Waals surface area contributed by atoms with Crippen LogP contribution in [0.1, 0.15) is 22.3 Å². The molecule has 74 valence electrons. The van der Waals surface area contributed by atoms with Crippen LogP contribution in [0, 0.1) is 25.2 Å². The summed E-state index contributed by atoms with van der Waals surface area (Å²) in [7, 11) is 0. The second-order valence-corrected chi connectivity index (χ2v) is 3.04. The van der Waals surface area contributed by atoms with E-state index in [4.69, 9.17) is 5.26 Å². The highest BCUT2D eigenvalue weighted by molar-refractivity contribution is 5.47. The monoisotopic (exact) mass is 199 g/mol. The van der Waals surface area contributed by atoms with Gasteiger partial charge in [0.15, 0.2) is 0 Å². The van der Waals surface area contributed by atoms with Gasteiger partial charge in [-0.1, -0.05) is 6.07 Å². The number of nitriles is 1. The molecule has 1 rings (SSSR count).